The van der Waals surface area contributed by atoms with Crippen molar-refractivity contribution in [1.82, 2.24) is 4.57 Å². The Kier molecular flexibility index (Phi) is 6.00. The molecule has 1 aromatic heterocycles. The average molecular weight is 478 g/mol. The Morgan fingerprint density at radius 3 is 2.72 bits per heavy atom. The zero-order chi connectivity index (χ0) is 22.9. The number of sulfonamides is 1. The van der Waals surface area contributed by atoms with Crippen molar-refractivity contribution in [2.45, 2.75) is 24.5 Å². The number of esters is 1. The zero-order valence-corrected chi connectivity index (χ0v) is 18.5. The van der Waals surface area contributed by atoms with E-state index in [1.165, 1.54) is 22.8 Å². The summed E-state index contributed by atoms with van der Waals surface area (Å²) in [6.45, 7) is 1.64. The number of hydrogen-bond donors (Lipinski definition) is 1. The Hall–Kier alpha value is -3.22. The molecule has 0 spiro atoms. The number of rotatable bonds is 5. The van der Waals surface area contributed by atoms with Gasteiger partial charge in [-0.2, -0.15) is 4.99 Å². The normalized spacial score (nSPS) is 16.2. The predicted molar refractivity (Wildman–Crippen MR) is 115 cm³/mol. The number of fused-ring (bicyclic) bond motifs is 2. The molecule has 2 N–H and O–H groups in total. The van der Waals surface area contributed by atoms with Crippen molar-refractivity contribution in [3.05, 3.63) is 47.3 Å². The minimum atomic E-state index is -3.93. The Morgan fingerprint density at radius 1 is 1.25 bits per heavy atom. The molecule has 1 aliphatic heterocycles. The molecule has 1 aliphatic rings. The van der Waals surface area contributed by atoms with Gasteiger partial charge in [0.05, 0.1) is 21.7 Å². The molecule has 0 fully saturated rings. The molecule has 0 aliphatic carbocycles. The number of amides is 1. The molecular formula is C20H19N3O7S2. The van der Waals surface area contributed by atoms with Crippen molar-refractivity contribution in [2.75, 3.05) is 13.2 Å². The maximum absolute atomic E-state index is 12.8. The van der Waals surface area contributed by atoms with Crippen molar-refractivity contribution < 1.29 is 32.2 Å². The van der Waals surface area contributed by atoms with Gasteiger partial charge in [0.25, 0.3) is 5.91 Å². The molecule has 12 heteroatoms. The van der Waals surface area contributed by atoms with E-state index in [2.05, 4.69) is 4.99 Å². The van der Waals surface area contributed by atoms with Gasteiger partial charge in [-0.25, -0.2) is 13.6 Å². The van der Waals surface area contributed by atoms with Gasteiger partial charge in [0, 0.05) is 0 Å². The van der Waals surface area contributed by atoms with Crippen molar-refractivity contribution in [3.8, 4) is 11.5 Å². The van der Waals surface area contributed by atoms with E-state index >= 15 is 0 Å². The maximum Gasteiger partial charge on any atom is 0.326 e. The number of thiazole rings is 1. The number of carbonyl (C=O) groups excluding carboxylic acids is 2. The fourth-order valence-corrected chi connectivity index (χ4v) is 4.80. The van der Waals surface area contributed by atoms with Crippen molar-refractivity contribution >= 4 is 43.5 Å². The van der Waals surface area contributed by atoms with Crippen LogP contribution in [0.25, 0.3) is 10.2 Å². The molecule has 3 aromatic rings. The van der Waals surface area contributed by atoms with E-state index in [0.29, 0.717) is 21.7 Å². The molecule has 2 heterocycles. The second-order valence-electron chi connectivity index (χ2n) is 6.76. The third kappa shape index (κ3) is 4.52. The Labute approximate surface area is 186 Å². The van der Waals surface area contributed by atoms with E-state index in [-0.39, 0.29) is 29.5 Å². The number of ether oxygens (including phenoxy) is 3. The summed E-state index contributed by atoms with van der Waals surface area (Å²) in [6, 6.07) is 11.2. The van der Waals surface area contributed by atoms with Crippen LogP contribution in [0.4, 0.5) is 0 Å². The highest BCUT2D eigenvalue weighted by Gasteiger charge is 2.27. The van der Waals surface area contributed by atoms with Gasteiger partial charge in [-0.1, -0.05) is 23.5 Å². The zero-order valence-electron chi connectivity index (χ0n) is 16.9. The number of aromatic nitrogens is 1. The summed E-state index contributed by atoms with van der Waals surface area (Å²) < 4.78 is 41.7. The molecule has 1 amide bonds. The Morgan fingerprint density at radius 2 is 2.00 bits per heavy atom. The number of primary sulfonamides is 1. The van der Waals surface area contributed by atoms with E-state index in [1.807, 2.05) is 0 Å². The number of carbonyl (C=O) groups is 2. The molecule has 0 saturated carbocycles. The fraction of sp³-hybridized carbons (Fsp3) is 0.250. The fourth-order valence-electron chi connectivity index (χ4n) is 3.11. The lowest BCUT2D eigenvalue weighted by molar-refractivity contribution is -0.143. The number of benzene rings is 2. The first-order chi connectivity index (χ1) is 15.3. The first-order valence-electron chi connectivity index (χ1n) is 9.55. The molecule has 10 nitrogen and oxygen atoms in total. The minimum Gasteiger partial charge on any atom is -0.485 e. The summed E-state index contributed by atoms with van der Waals surface area (Å²) in [6.07, 6.45) is -0.967. The van der Waals surface area contributed by atoms with Gasteiger partial charge in [-0.15, -0.1) is 0 Å². The van der Waals surface area contributed by atoms with Crippen LogP contribution in [0.2, 0.25) is 0 Å². The summed E-state index contributed by atoms with van der Waals surface area (Å²) in [5.74, 6) is -0.162. The lowest BCUT2D eigenvalue weighted by atomic mass is 10.2. The van der Waals surface area contributed by atoms with Crippen molar-refractivity contribution in [1.29, 1.82) is 0 Å². The van der Waals surface area contributed by atoms with Crippen LogP contribution in [0.1, 0.15) is 6.92 Å². The SMILES string of the molecule is CCOC(=O)Cn1c(=NC(=O)[C@H]2COc3ccccc3O2)sc2cc(S(N)(=O)=O)ccc21. The first-order valence-corrected chi connectivity index (χ1v) is 11.9. The van der Waals surface area contributed by atoms with Gasteiger partial charge >= 0.3 is 5.97 Å². The standard InChI is InChI=1S/C20H19N3O7S2/c1-2-28-18(24)10-23-13-8-7-12(32(21,26)27)9-17(13)31-20(23)22-19(25)16-11-29-14-5-3-4-6-15(14)30-16/h3-9,16H,2,10-11H2,1H3,(H2,21,26,27)/t16-/m1/s1. The monoisotopic (exact) mass is 477 g/mol. The molecule has 168 valence electrons. The molecule has 0 saturated heterocycles. The summed E-state index contributed by atoms with van der Waals surface area (Å²) in [5, 5.41) is 5.22. The lowest BCUT2D eigenvalue weighted by Crippen LogP contribution is -2.37. The van der Waals surface area contributed by atoms with Crippen LogP contribution >= 0.6 is 11.3 Å². The van der Waals surface area contributed by atoms with Crippen LogP contribution in [0.15, 0.2) is 52.4 Å². The number of hydrogen-bond acceptors (Lipinski definition) is 8. The number of nitrogens with two attached hydrogens (primary N) is 1. The van der Waals surface area contributed by atoms with Crippen LogP contribution in [-0.4, -0.2) is 44.2 Å². The molecule has 0 radical (unpaired) electrons. The Balaban J connectivity index is 1.75. The van der Waals surface area contributed by atoms with E-state index in [4.69, 9.17) is 19.3 Å². The smallest absolute Gasteiger partial charge is 0.326 e. The topological polar surface area (TPSA) is 139 Å². The van der Waals surface area contributed by atoms with Crippen LogP contribution in [0.3, 0.4) is 0 Å². The molecule has 1 atom stereocenters. The summed E-state index contributed by atoms with van der Waals surface area (Å²) in [7, 11) is -3.93. The molecule has 32 heavy (non-hydrogen) atoms. The highest BCUT2D eigenvalue weighted by Crippen LogP contribution is 2.31. The molecule has 4 rings (SSSR count). The summed E-state index contributed by atoms with van der Waals surface area (Å²) >= 11 is 1.04. The summed E-state index contributed by atoms with van der Waals surface area (Å²) in [4.78, 5) is 29.2. The second kappa shape index (κ2) is 8.73. The highest BCUT2D eigenvalue weighted by atomic mass is 32.2. The van der Waals surface area contributed by atoms with Crippen LogP contribution < -0.4 is 19.4 Å². The molecule has 2 aromatic carbocycles. The molecule has 0 bridgehead atoms. The van der Waals surface area contributed by atoms with E-state index in [9.17, 15) is 18.0 Å². The van der Waals surface area contributed by atoms with E-state index in [1.54, 1.807) is 31.2 Å². The van der Waals surface area contributed by atoms with E-state index < -0.39 is 28.0 Å². The predicted octanol–water partition coefficient (Wildman–Crippen LogP) is 1.18. The maximum atomic E-state index is 12.8. The number of nitrogens with zero attached hydrogens (tertiary/aromatic N) is 2. The summed E-state index contributed by atoms with van der Waals surface area (Å²) in [5.41, 5.74) is 0.508. The third-order valence-corrected chi connectivity index (χ3v) is 6.52. The van der Waals surface area contributed by atoms with E-state index in [0.717, 1.165) is 11.3 Å². The average Bonchev–Trinajstić information content (AvgIpc) is 3.09. The minimum absolute atomic E-state index is 0.0162. The van der Waals surface area contributed by atoms with Crippen LogP contribution in [-0.2, 0) is 30.9 Å². The van der Waals surface area contributed by atoms with Crippen LogP contribution in [0, 0.1) is 0 Å². The van der Waals surface area contributed by atoms with Gasteiger partial charge < -0.3 is 18.8 Å². The molecular weight excluding hydrogens is 458 g/mol. The first kappa shape index (κ1) is 22.0. The van der Waals surface area contributed by atoms with Gasteiger partial charge in [-0.3, -0.25) is 9.59 Å². The highest BCUT2D eigenvalue weighted by molar-refractivity contribution is 7.89. The largest absolute Gasteiger partial charge is 0.485 e. The van der Waals surface area contributed by atoms with Gasteiger partial charge in [-0.05, 0) is 37.3 Å². The van der Waals surface area contributed by atoms with Crippen molar-refractivity contribution in [2.24, 2.45) is 10.1 Å². The van der Waals surface area contributed by atoms with Gasteiger partial charge in [0.15, 0.2) is 16.3 Å². The molecule has 0 unspecified atom stereocenters. The van der Waals surface area contributed by atoms with Gasteiger partial charge in [0.1, 0.15) is 13.2 Å². The third-order valence-electron chi connectivity index (χ3n) is 4.57. The number of para-hydroxylation sites is 2. The van der Waals surface area contributed by atoms with Gasteiger partial charge in [0.2, 0.25) is 16.1 Å². The second-order valence-corrected chi connectivity index (χ2v) is 9.34. The lowest BCUT2D eigenvalue weighted by Gasteiger charge is -2.23. The quantitative estimate of drug-likeness (QED) is 0.544. The Bertz CT molecular complexity index is 1380. The van der Waals surface area contributed by atoms with Crippen molar-refractivity contribution in [3.63, 3.8) is 0 Å². The van der Waals surface area contributed by atoms with Crippen LogP contribution in [0.5, 0.6) is 11.5 Å².